The monoisotopic (exact) mass is 440 g/mol. The molecule has 0 saturated heterocycles. The Morgan fingerprint density at radius 1 is 1.17 bits per heavy atom. The van der Waals surface area contributed by atoms with E-state index in [9.17, 15) is 13.2 Å². The highest BCUT2D eigenvalue weighted by molar-refractivity contribution is 7.92. The Hall–Kier alpha value is -2.45. The molecule has 0 fully saturated rings. The SMILES string of the molecule is COc1ccc(OC)c([C@H](C)NC(=O)CN(c2ccc(C)c(Cl)c2)S(C)(=O)=O)c1. The van der Waals surface area contributed by atoms with Crippen molar-refractivity contribution in [3.63, 3.8) is 0 Å². The van der Waals surface area contributed by atoms with E-state index in [0.29, 0.717) is 27.8 Å². The molecule has 0 heterocycles. The first-order valence-electron chi connectivity index (χ1n) is 8.82. The number of methoxy groups -OCH3 is 2. The Labute approximate surface area is 176 Å². The molecule has 0 aliphatic heterocycles. The normalized spacial score (nSPS) is 12.2. The van der Waals surface area contributed by atoms with Gasteiger partial charge < -0.3 is 14.8 Å². The van der Waals surface area contributed by atoms with Gasteiger partial charge in [-0.3, -0.25) is 9.10 Å². The molecule has 0 unspecified atom stereocenters. The number of hydrogen-bond acceptors (Lipinski definition) is 5. The second-order valence-corrected chi connectivity index (χ2v) is 8.91. The molecule has 1 N–H and O–H groups in total. The fraction of sp³-hybridized carbons (Fsp3) is 0.350. The van der Waals surface area contributed by atoms with Gasteiger partial charge in [0.15, 0.2) is 0 Å². The molecule has 2 aromatic rings. The van der Waals surface area contributed by atoms with Crippen molar-refractivity contribution >= 4 is 33.2 Å². The van der Waals surface area contributed by atoms with Gasteiger partial charge >= 0.3 is 0 Å². The van der Waals surface area contributed by atoms with Crippen LogP contribution in [0.25, 0.3) is 0 Å². The van der Waals surface area contributed by atoms with Crippen LogP contribution in [0.3, 0.4) is 0 Å². The predicted octanol–water partition coefficient (Wildman–Crippen LogP) is 3.31. The zero-order valence-corrected chi connectivity index (χ0v) is 18.6. The highest BCUT2D eigenvalue weighted by atomic mass is 35.5. The average Bonchev–Trinajstić information content (AvgIpc) is 2.66. The molecule has 9 heteroatoms. The van der Waals surface area contributed by atoms with Crippen LogP contribution in [0.5, 0.6) is 11.5 Å². The van der Waals surface area contributed by atoms with Gasteiger partial charge in [-0.25, -0.2) is 8.42 Å². The molecular formula is C20H25ClN2O5S. The Bertz CT molecular complexity index is 994. The molecule has 0 saturated carbocycles. The number of amides is 1. The molecule has 0 bridgehead atoms. The van der Waals surface area contributed by atoms with Crippen LogP contribution in [-0.2, 0) is 14.8 Å². The Kier molecular flexibility index (Phi) is 7.37. The minimum absolute atomic E-state index is 0.324. The van der Waals surface area contributed by atoms with E-state index in [1.807, 2.05) is 6.92 Å². The first-order valence-corrected chi connectivity index (χ1v) is 11.0. The summed E-state index contributed by atoms with van der Waals surface area (Å²) in [4.78, 5) is 12.6. The summed E-state index contributed by atoms with van der Waals surface area (Å²) in [7, 11) is -0.616. The van der Waals surface area contributed by atoms with Crippen molar-refractivity contribution in [2.75, 3.05) is 31.3 Å². The Morgan fingerprint density at radius 3 is 2.41 bits per heavy atom. The molecule has 0 aliphatic rings. The van der Waals surface area contributed by atoms with Crippen molar-refractivity contribution in [3.8, 4) is 11.5 Å². The number of sulfonamides is 1. The van der Waals surface area contributed by atoms with E-state index in [-0.39, 0.29) is 6.54 Å². The zero-order valence-electron chi connectivity index (χ0n) is 17.0. The summed E-state index contributed by atoms with van der Waals surface area (Å²) in [6.45, 7) is 3.21. The summed E-state index contributed by atoms with van der Waals surface area (Å²) < 4.78 is 36.1. The van der Waals surface area contributed by atoms with Gasteiger partial charge in [0.1, 0.15) is 18.0 Å². The molecule has 29 heavy (non-hydrogen) atoms. The number of anilines is 1. The standard InChI is InChI=1S/C20H25ClN2O5S/c1-13-6-7-15(10-18(13)21)23(29(5,25)26)12-20(24)22-14(2)17-11-16(27-3)8-9-19(17)28-4/h6-11,14H,12H2,1-5H3,(H,22,24)/t14-/m0/s1. The lowest BCUT2D eigenvalue weighted by Gasteiger charge is -2.24. The summed E-state index contributed by atoms with van der Waals surface area (Å²) in [5, 5.41) is 3.23. The maximum atomic E-state index is 12.6. The Morgan fingerprint density at radius 2 is 1.86 bits per heavy atom. The topological polar surface area (TPSA) is 84.9 Å². The number of carbonyl (C=O) groups excluding carboxylic acids is 1. The van der Waals surface area contributed by atoms with Crippen molar-refractivity contribution in [2.45, 2.75) is 19.9 Å². The first kappa shape index (κ1) is 22.8. The number of aryl methyl sites for hydroxylation is 1. The number of hydrogen-bond donors (Lipinski definition) is 1. The molecule has 158 valence electrons. The van der Waals surface area contributed by atoms with Gasteiger partial charge in [-0.05, 0) is 49.7 Å². The third kappa shape index (κ3) is 5.77. The van der Waals surface area contributed by atoms with Crippen molar-refractivity contribution < 1.29 is 22.7 Å². The third-order valence-electron chi connectivity index (χ3n) is 4.41. The summed E-state index contributed by atoms with van der Waals surface area (Å²) in [5.74, 6) is 0.738. The highest BCUT2D eigenvalue weighted by Gasteiger charge is 2.23. The van der Waals surface area contributed by atoms with Crippen LogP contribution < -0.4 is 19.1 Å². The van der Waals surface area contributed by atoms with Crippen molar-refractivity contribution in [3.05, 3.63) is 52.5 Å². The molecule has 0 aromatic heterocycles. The van der Waals surface area contributed by atoms with Crippen molar-refractivity contribution in [2.24, 2.45) is 0 Å². The lowest BCUT2D eigenvalue weighted by molar-refractivity contribution is -0.120. The third-order valence-corrected chi connectivity index (χ3v) is 5.96. The number of halogens is 1. The van der Waals surface area contributed by atoms with Crippen LogP contribution in [0.4, 0.5) is 5.69 Å². The molecule has 7 nitrogen and oxygen atoms in total. The molecule has 0 radical (unpaired) electrons. The van der Waals surface area contributed by atoms with Crippen LogP contribution in [0.1, 0.15) is 24.1 Å². The van der Waals surface area contributed by atoms with Crippen LogP contribution in [0.15, 0.2) is 36.4 Å². The predicted molar refractivity (Wildman–Crippen MR) is 114 cm³/mol. The maximum Gasteiger partial charge on any atom is 0.241 e. The van der Waals surface area contributed by atoms with E-state index in [0.717, 1.165) is 16.1 Å². The van der Waals surface area contributed by atoms with Gasteiger partial charge in [-0.15, -0.1) is 0 Å². The highest BCUT2D eigenvalue weighted by Crippen LogP contribution is 2.29. The number of nitrogens with one attached hydrogen (secondary N) is 1. The number of benzene rings is 2. The summed E-state index contributed by atoms with van der Waals surface area (Å²) in [6, 6.07) is 9.67. The van der Waals surface area contributed by atoms with Gasteiger partial charge in [0.2, 0.25) is 15.9 Å². The average molecular weight is 441 g/mol. The van der Waals surface area contributed by atoms with E-state index >= 15 is 0 Å². The largest absolute Gasteiger partial charge is 0.497 e. The van der Waals surface area contributed by atoms with Crippen LogP contribution in [0, 0.1) is 6.92 Å². The Balaban J connectivity index is 2.23. The quantitative estimate of drug-likeness (QED) is 0.680. The van der Waals surface area contributed by atoms with Gasteiger partial charge in [0, 0.05) is 10.6 Å². The minimum Gasteiger partial charge on any atom is -0.497 e. The van der Waals surface area contributed by atoms with Crippen LogP contribution >= 0.6 is 11.6 Å². The smallest absolute Gasteiger partial charge is 0.241 e. The fourth-order valence-electron chi connectivity index (χ4n) is 2.81. The summed E-state index contributed by atoms with van der Waals surface area (Å²) in [6.07, 6.45) is 1.04. The summed E-state index contributed by atoms with van der Waals surface area (Å²) >= 11 is 6.12. The maximum absolute atomic E-state index is 12.6. The van der Waals surface area contributed by atoms with E-state index in [1.165, 1.54) is 13.2 Å². The van der Waals surface area contributed by atoms with E-state index in [2.05, 4.69) is 5.32 Å². The van der Waals surface area contributed by atoms with Gasteiger partial charge in [0.25, 0.3) is 0 Å². The van der Waals surface area contributed by atoms with Gasteiger partial charge in [-0.1, -0.05) is 17.7 Å². The van der Waals surface area contributed by atoms with E-state index in [4.69, 9.17) is 21.1 Å². The lowest BCUT2D eigenvalue weighted by Crippen LogP contribution is -2.41. The van der Waals surface area contributed by atoms with Crippen LogP contribution in [-0.4, -0.2) is 41.3 Å². The summed E-state index contributed by atoms with van der Waals surface area (Å²) in [5.41, 5.74) is 1.85. The zero-order chi connectivity index (χ0) is 21.8. The van der Waals surface area contributed by atoms with Crippen molar-refractivity contribution in [1.82, 2.24) is 5.32 Å². The van der Waals surface area contributed by atoms with Gasteiger partial charge in [-0.2, -0.15) is 0 Å². The first-order chi connectivity index (χ1) is 13.6. The minimum atomic E-state index is -3.70. The van der Waals surface area contributed by atoms with Crippen molar-refractivity contribution in [1.29, 1.82) is 0 Å². The lowest BCUT2D eigenvalue weighted by atomic mass is 10.1. The molecule has 1 amide bonds. The molecule has 2 rings (SSSR count). The molecule has 0 spiro atoms. The fourth-order valence-corrected chi connectivity index (χ4v) is 3.83. The number of carbonyl (C=O) groups is 1. The molecule has 0 aliphatic carbocycles. The molecule has 1 atom stereocenters. The number of nitrogens with zero attached hydrogens (tertiary/aromatic N) is 1. The number of ether oxygens (including phenoxy) is 2. The van der Waals surface area contributed by atoms with E-state index < -0.39 is 22.0 Å². The van der Waals surface area contributed by atoms with E-state index in [1.54, 1.807) is 44.4 Å². The molecule has 2 aromatic carbocycles. The second kappa shape index (κ2) is 9.37. The second-order valence-electron chi connectivity index (χ2n) is 6.60. The van der Waals surface area contributed by atoms with Crippen LogP contribution in [0.2, 0.25) is 5.02 Å². The molecular weight excluding hydrogens is 416 g/mol. The van der Waals surface area contributed by atoms with Gasteiger partial charge in [0.05, 0.1) is 32.2 Å². The number of rotatable bonds is 8.